The number of aromatic amines is 1. The van der Waals surface area contributed by atoms with E-state index in [9.17, 15) is 24.0 Å². The highest BCUT2D eigenvalue weighted by molar-refractivity contribution is 7.08. The van der Waals surface area contributed by atoms with Gasteiger partial charge in [-0.25, -0.2) is 0 Å². The third kappa shape index (κ3) is 8.22. The number of nitrogens with two attached hydrogens (primary N) is 2. The average Bonchev–Trinajstić information content (AvgIpc) is 4.14. The lowest BCUT2D eigenvalue weighted by Crippen LogP contribution is -2.49. The fourth-order valence-corrected chi connectivity index (χ4v) is 10.6. The topological polar surface area (TPSA) is 166 Å². The largest absolute Gasteiger partial charge is 0.361 e. The van der Waals surface area contributed by atoms with Gasteiger partial charge in [0, 0.05) is 55.4 Å². The van der Waals surface area contributed by atoms with Crippen molar-refractivity contribution in [2.45, 2.75) is 76.5 Å². The number of hydrogen-bond donors (Lipinski definition) is 3. The maximum absolute atomic E-state index is 13.9. The zero-order valence-electron chi connectivity index (χ0n) is 34.3. The van der Waals surface area contributed by atoms with Gasteiger partial charge in [0.05, 0.1) is 47.9 Å². The summed E-state index contributed by atoms with van der Waals surface area (Å²) in [4.78, 5) is 75.3. The van der Waals surface area contributed by atoms with Gasteiger partial charge in [0.25, 0.3) is 0 Å². The number of para-hydroxylation sites is 3. The summed E-state index contributed by atoms with van der Waals surface area (Å²) in [7, 11) is 0. The summed E-state index contributed by atoms with van der Waals surface area (Å²) in [5.41, 5.74) is 21.9. The standard InChI is InChI=1S/C30H30N4O3S.C18H19N3O2S/c31-24(14-22-16-32-25-7-2-1-6-23(22)25)27(35)15-21-13-20-5-3-8-26(33-11-4-9-28(33)36)29(20)34(30(21)37)17-19-10-12-38-18-19;19-14-9-13-3-1-4-15(20-7-2-5-16(20)22)17(13)21(18(14)23)10-12-6-8-24-11-12/h1-3,5-8,10,12,16,18,21,24,32H,4,9,11,13-15,17,31H2;1,3-4,6,8,11,14H,2,5,7,9-10,19H2/t21?,24-;/m1./s1. The normalized spacial score (nSPS) is 19.2. The molecule has 6 aromatic rings. The summed E-state index contributed by atoms with van der Waals surface area (Å²) in [5, 5.41) is 9.12. The summed E-state index contributed by atoms with van der Waals surface area (Å²) in [6, 6.07) is 22.5. The number of aromatic nitrogens is 1. The van der Waals surface area contributed by atoms with Crippen molar-refractivity contribution in [3.8, 4) is 0 Å². The number of nitrogens with one attached hydrogen (secondary N) is 1. The molecule has 2 saturated heterocycles. The molecule has 12 nitrogen and oxygen atoms in total. The van der Waals surface area contributed by atoms with E-state index in [0.29, 0.717) is 58.3 Å². The first-order chi connectivity index (χ1) is 30.1. The number of carbonyl (C=O) groups excluding carboxylic acids is 5. The lowest BCUT2D eigenvalue weighted by Gasteiger charge is -2.37. The van der Waals surface area contributed by atoms with Crippen molar-refractivity contribution in [2.24, 2.45) is 17.4 Å². The second kappa shape index (κ2) is 17.8. The SMILES string of the molecule is NC1Cc2cccc(N3CCCC3=O)c2N(Cc2ccsc2)C1=O.N[C@H](Cc1c[nH]c2ccccc12)C(=O)CC1Cc2cccc(N3CCCC3=O)c2N(Cc2ccsc2)C1=O. The first-order valence-electron chi connectivity index (χ1n) is 21.2. The van der Waals surface area contributed by atoms with Gasteiger partial charge in [-0.2, -0.15) is 22.7 Å². The Hall–Kier alpha value is -5.93. The number of hydrogen-bond acceptors (Lipinski definition) is 9. The Kier molecular flexibility index (Phi) is 11.9. The first-order valence-corrected chi connectivity index (χ1v) is 23.1. The minimum absolute atomic E-state index is 0.0761. The van der Waals surface area contributed by atoms with Crippen LogP contribution in [-0.4, -0.2) is 59.6 Å². The first kappa shape index (κ1) is 41.4. The van der Waals surface area contributed by atoms with Crippen molar-refractivity contribution in [1.82, 2.24) is 4.98 Å². The van der Waals surface area contributed by atoms with E-state index in [-0.39, 0.29) is 35.8 Å². The lowest BCUT2D eigenvalue weighted by atomic mass is 9.85. The zero-order valence-corrected chi connectivity index (χ0v) is 36.0. The summed E-state index contributed by atoms with van der Waals surface area (Å²) in [6.45, 7) is 2.25. The van der Waals surface area contributed by atoms with Crippen LogP contribution in [0.2, 0.25) is 0 Å². The Balaban J connectivity index is 0.000000175. The molecule has 62 heavy (non-hydrogen) atoms. The lowest BCUT2D eigenvalue weighted by molar-refractivity contribution is -0.128. The van der Waals surface area contributed by atoms with Crippen molar-refractivity contribution in [1.29, 1.82) is 0 Å². The molecular formula is C48H49N7O5S2. The third-order valence-electron chi connectivity index (χ3n) is 12.4. The van der Waals surface area contributed by atoms with Gasteiger partial charge < -0.3 is 36.1 Å². The fraction of sp³-hybridized carbons (Fsp3) is 0.312. The van der Waals surface area contributed by atoms with Crippen molar-refractivity contribution in [3.63, 3.8) is 0 Å². The number of carbonyl (C=O) groups is 5. The van der Waals surface area contributed by atoms with Crippen LogP contribution in [0.5, 0.6) is 0 Å². The van der Waals surface area contributed by atoms with Crippen LogP contribution in [0.25, 0.3) is 10.9 Å². The molecule has 3 aromatic heterocycles. The van der Waals surface area contributed by atoms with E-state index >= 15 is 0 Å². The van der Waals surface area contributed by atoms with Crippen LogP contribution < -0.4 is 31.1 Å². The molecule has 4 amide bonds. The molecule has 0 bridgehead atoms. The zero-order chi connectivity index (χ0) is 42.9. The van der Waals surface area contributed by atoms with Gasteiger partial charge in [-0.3, -0.25) is 24.0 Å². The predicted molar refractivity (Wildman–Crippen MR) is 246 cm³/mol. The molecule has 10 rings (SSSR count). The monoisotopic (exact) mass is 867 g/mol. The van der Waals surface area contributed by atoms with Gasteiger partial charge in [-0.15, -0.1) is 0 Å². The molecule has 2 unspecified atom stereocenters. The second-order valence-corrected chi connectivity index (χ2v) is 18.1. The van der Waals surface area contributed by atoms with E-state index in [1.807, 2.05) is 105 Å². The van der Waals surface area contributed by atoms with Crippen LogP contribution in [0.15, 0.2) is 101 Å². The number of Topliss-reactive ketones (excluding diaryl/α,β-unsaturated/α-hetero) is 1. The van der Waals surface area contributed by atoms with Crippen LogP contribution in [0.1, 0.15) is 59.9 Å². The number of anilines is 4. The number of fused-ring (bicyclic) bond motifs is 3. The molecule has 3 aromatic carbocycles. The average molecular weight is 868 g/mol. The molecule has 14 heteroatoms. The van der Waals surface area contributed by atoms with Crippen molar-refractivity contribution < 1.29 is 24.0 Å². The molecule has 318 valence electrons. The predicted octanol–water partition coefficient (Wildman–Crippen LogP) is 6.88. The van der Waals surface area contributed by atoms with E-state index < -0.39 is 18.0 Å². The maximum Gasteiger partial charge on any atom is 0.244 e. The van der Waals surface area contributed by atoms with Crippen LogP contribution in [-0.2, 0) is 56.3 Å². The summed E-state index contributed by atoms with van der Waals surface area (Å²) in [6.07, 6.45) is 6.15. The molecule has 5 N–H and O–H groups in total. The third-order valence-corrected chi connectivity index (χ3v) is 13.9. The molecule has 0 aliphatic carbocycles. The highest BCUT2D eigenvalue weighted by Gasteiger charge is 2.39. The molecule has 0 radical (unpaired) electrons. The number of amides is 4. The van der Waals surface area contributed by atoms with Crippen LogP contribution >= 0.6 is 22.7 Å². The van der Waals surface area contributed by atoms with Crippen LogP contribution in [0.3, 0.4) is 0 Å². The van der Waals surface area contributed by atoms with Gasteiger partial charge >= 0.3 is 0 Å². The van der Waals surface area contributed by atoms with Gasteiger partial charge in [0.2, 0.25) is 23.6 Å². The maximum atomic E-state index is 13.9. The van der Waals surface area contributed by atoms with Crippen molar-refractivity contribution in [3.05, 3.63) is 128 Å². The number of H-pyrrole nitrogens is 1. The molecule has 4 aliphatic rings. The molecule has 7 heterocycles. The summed E-state index contributed by atoms with van der Waals surface area (Å²) < 4.78 is 0. The quantitative estimate of drug-likeness (QED) is 0.128. The Labute approximate surface area is 368 Å². The Morgan fingerprint density at radius 1 is 0.726 bits per heavy atom. The number of thiophene rings is 2. The van der Waals surface area contributed by atoms with Gasteiger partial charge in [-0.05, 0) is 112 Å². The second-order valence-electron chi connectivity index (χ2n) is 16.5. The van der Waals surface area contributed by atoms with E-state index in [4.69, 9.17) is 11.5 Å². The van der Waals surface area contributed by atoms with E-state index in [1.54, 1.807) is 37.4 Å². The Morgan fingerprint density at radius 2 is 1.31 bits per heavy atom. The highest BCUT2D eigenvalue weighted by Crippen LogP contribution is 2.43. The van der Waals surface area contributed by atoms with Gasteiger partial charge in [-0.1, -0.05) is 42.5 Å². The Bertz CT molecular complexity index is 2640. The van der Waals surface area contributed by atoms with Crippen LogP contribution in [0, 0.1) is 5.92 Å². The van der Waals surface area contributed by atoms with E-state index in [0.717, 1.165) is 74.3 Å². The molecule has 0 spiro atoms. The van der Waals surface area contributed by atoms with E-state index in [2.05, 4.69) is 4.98 Å². The number of rotatable bonds is 11. The molecule has 2 fully saturated rings. The summed E-state index contributed by atoms with van der Waals surface area (Å²) >= 11 is 3.19. The van der Waals surface area contributed by atoms with Gasteiger partial charge in [0.1, 0.15) is 0 Å². The molecule has 0 saturated carbocycles. The molecular weight excluding hydrogens is 819 g/mol. The fourth-order valence-electron chi connectivity index (χ4n) is 9.32. The summed E-state index contributed by atoms with van der Waals surface area (Å²) in [5.74, 6) is -0.558. The van der Waals surface area contributed by atoms with Crippen LogP contribution in [0.4, 0.5) is 22.7 Å². The molecule has 3 atom stereocenters. The number of benzene rings is 3. The van der Waals surface area contributed by atoms with Crippen molar-refractivity contribution >= 4 is 85.7 Å². The van der Waals surface area contributed by atoms with Crippen molar-refractivity contribution in [2.75, 3.05) is 32.7 Å². The minimum Gasteiger partial charge on any atom is -0.361 e. The minimum atomic E-state index is -0.692. The van der Waals surface area contributed by atoms with E-state index in [1.165, 1.54) is 0 Å². The van der Waals surface area contributed by atoms with Gasteiger partial charge in [0.15, 0.2) is 5.78 Å². The smallest absolute Gasteiger partial charge is 0.244 e. The highest BCUT2D eigenvalue weighted by atomic mass is 32.1. The molecule has 4 aliphatic heterocycles. The number of nitrogens with zero attached hydrogens (tertiary/aromatic N) is 4. The number of ketones is 1. The Morgan fingerprint density at radius 3 is 1.87 bits per heavy atom.